The van der Waals surface area contributed by atoms with Crippen LogP contribution >= 0.6 is 11.6 Å². The van der Waals surface area contributed by atoms with Crippen LogP contribution in [0.1, 0.15) is 5.56 Å². The Balaban J connectivity index is 1.85. The largest absolute Gasteiger partial charge is 0.347 e. The zero-order valence-electron chi connectivity index (χ0n) is 9.88. The van der Waals surface area contributed by atoms with Crippen molar-refractivity contribution >= 4 is 22.5 Å². The second-order valence-corrected chi connectivity index (χ2v) is 4.75. The zero-order chi connectivity index (χ0) is 12.4. The number of aryl methyl sites for hydroxylation is 2. The standard InChI is InChI=1S/C15H13ClN2/c16-14-2-1-13-6-10-18(15(13)11-14)9-5-12-3-7-17-8-4-12/h1-4,6-8,10-11H,5,9H2. The number of aromatic nitrogens is 2. The lowest BCUT2D eigenvalue weighted by atomic mass is 10.2. The summed E-state index contributed by atoms with van der Waals surface area (Å²) in [6.07, 6.45) is 6.78. The molecule has 0 aliphatic carbocycles. The van der Waals surface area contributed by atoms with E-state index in [0.29, 0.717) is 0 Å². The lowest BCUT2D eigenvalue weighted by molar-refractivity contribution is 0.722. The summed E-state index contributed by atoms with van der Waals surface area (Å²) in [6, 6.07) is 12.2. The molecular formula is C15H13ClN2. The lowest BCUT2D eigenvalue weighted by Gasteiger charge is -2.05. The molecule has 0 bridgehead atoms. The minimum absolute atomic E-state index is 0.784. The van der Waals surface area contributed by atoms with E-state index in [1.54, 1.807) is 0 Å². The van der Waals surface area contributed by atoms with Crippen LogP contribution in [0.3, 0.4) is 0 Å². The van der Waals surface area contributed by atoms with Gasteiger partial charge in [0.15, 0.2) is 0 Å². The summed E-state index contributed by atoms with van der Waals surface area (Å²) in [6.45, 7) is 0.952. The van der Waals surface area contributed by atoms with Crippen LogP contribution < -0.4 is 0 Å². The molecule has 1 aromatic carbocycles. The number of rotatable bonds is 3. The van der Waals surface area contributed by atoms with Crippen LogP contribution in [0.25, 0.3) is 10.9 Å². The van der Waals surface area contributed by atoms with Gasteiger partial charge in [0, 0.05) is 35.7 Å². The third-order valence-electron chi connectivity index (χ3n) is 3.13. The van der Waals surface area contributed by atoms with E-state index in [9.17, 15) is 0 Å². The van der Waals surface area contributed by atoms with Gasteiger partial charge in [-0.15, -0.1) is 0 Å². The Morgan fingerprint density at radius 2 is 1.89 bits per heavy atom. The van der Waals surface area contributed by atoms with Crippen LogP contribution in [0, 0.1) is 0 Å². The van der Waals surface area contributed by atoms with E-state index in [1.165, 1.54) is 16.5 Å². The smallest absolute Gasteiger partial charge is 0.0495 e. The van der Waals surface area contributed by atoms with Gasteiger partial charge < -0.3 is 4.57 Å². The van der Waals surface area contributed by atoms with Crippen molar-refractivity contribution in [1.29, 1.82) is 0 Å². The molecule has 2 aromatic heterocycles. The highest BCUT2D eigenvalue weighted by Gasteiger charge is 2.02. The second kappa shape index (κ2) is 4.83. The molecule has 3 heteroatoms. The van der Waals surface area contributed by atoms with Gasteiger partial charge in [0.25, 0.3) is 0 Å². The van der Waals surface area contributed by atoms with Crippen LogP contribution in [0.5, 0.6) is 0 Å². The third-order valence-corrected chi connectivity index (χ3v) is 3.36. The molecule has 0 radical (unpaired) electrons. The summed E-state index contributed by atoms with van der Waals surface area (Å²) in [4.78, 5) is 4.03. The third kappa shape index (κ3) is 2.24. The first-order chi connectivity index (χ1) is 8.83. The van der Waals surface area contributed by atoms with Crippen LogP contribution in [0.4, 0.5) is 0 Å². The van der Waals surface area contributed by atoms with E-state index >= 15 is 0 Å². The van der Waals surface area contributed by atoms with E-state index < -0.39 is 0 Å². The quantitative estimate of drug-likeness (QED) is 0.694. The number of hydrogen-bond acceptors (Lipinski definition) is 1. The lowest BCUT2D eigenvalue weighted by Crippen LogP contribution is -1.99. The fourth-order valence-corrected chi connectivity index (χ4v) is 2.32. The number of pyridine rings is 1. The Labute approximate surface area is 111 Å². The SMILES string of the molecule is Clc1ccc2ccn(CCc3ccncc3)c2c1. The monoisotopic (exact) mass is 256 g/mol. The van der Waals surface area contributed by atoms with Crippen LogP contribution in [0.2, 0.25) is 5.02 Å². The van der Waals surface area contributed by atoms with Gasteiger partial charge in [0.05, 0.1) is 0 Å². The average molecular weight is 257 g/mol. The van der Waals surface area contributed by atoms with Gasteiger partial charge in [-0.3, -0.25) is 4.98 Å². The number of halogens is 1. The molecule has 0 unspecified atom stereocenters. The Morgan fingerprint density at radius 1 is 1.06 bits per heavy atom. The maximum Gasteiger partial charge on any atom is 0.0495 e. The topological polar surface area (TPSA) is 17.8 Å². The maximum atomic E-state index is 6.04. The molecule has 0 aliphatic heterocycles. The van der Waals surface area contributed by atoms with Crippen molar-refractivity contribution in [3.63, 3.8) is 0 Å². The Bertz CT molecular complexity index is 659. The Morgan fingerprint density at radius 3 is 2.72 bits per heavy atom. The highest BCUT2D eigenvalue weighted by atomic mass is 35.5. The summed E-state index contributed by atoms with van der Waals surface area (Å²) in [5, 5.41) is 2.01. The summed E-state index contributed by atoms with van der Waals surface area (Å²) < 4.78 is 2.24. The highest BCUT2D eigenvalue weighted by molar-refractivity contribution is 6.31. The molecular weight excluding hydrogens is 244 g/mol. The molecule has 0 atom stereocenters. The number of nitrogens with zero attached hydrogens (tertiary/aromatic N) is 2. The predicted molar refractivity (Wildman–Crippen MR) is 74.9 cm³/mol. The van der Waals surface area contributed by atoms with Crippen molar-refractivity contribution < 1.29 is 0 Å². The summed E-state index contributed by atoms with van der Waals surface area (Å²) in [5.74, 6) is 0. The van der Waals surface area contributed by atoms with E-state index in [-0.39, 0.29) is 0 Å². The average Bonchev–Trinajstić information content (AvgIpc) is 2.80. The number of fused-ring (bicyclic) bond motifs is 1. The van der Waals surface area contributed by atoms with E-state index in [4.69, 9.17) is 11.6 Å². The van der Waals surface area contributed by atoms with Crippen LogP contribution in [-0.2, 0) is 13.0 Å². The number of benzene rings is 1. The first-order valence-electron chi connectivity index (χ1n) is 5.96. The molecule has 0 spiro atoms. The van der Waals surface area contributed by atoms with Crippen molar-refractivity contribution in [2.24, 2.45) is 0 Å². The van der Waals surface area contributed by atoms with E-state index in [2.05, 4.69) is 40.0 Å². The molecule has 2 heterocycles. The van der Waals surface area contributed by atoms with Gasteiger partial charge in [0.1, 0.15) is 0 Å². The van der Waals surface area contributed by atoms with Gasteiger partial charge in [-0.2, -0.15) is 0 Å². The molecule has 0 saturated heterocycles. The first-order valence-corrected chi connectivity index (χ1v) is 6.34. The highest BCUT2D eigenvalue weighted by Crippen LogP contribution is 2.20. The number of hydrogen-bond donors (Lipinski definition) is 0. The summed E-state index contributed by atoms with van der Waals surface area (Å²) >= 11 is 6.04. The minimum atomic E-state index is 0.784. The Hall–Kier alpha value is -1.80. The molecule has 0 fully saturated rings. The van der Waals surface area contributed by atoms with Crippen molar-refractivity contribution in [3.05, 3.63) is 65.6 Å². The Kier molecular flexibility index (Phi) is 3.03. The minimum Gasteiger partial charge on any atom is -0.347 e. The molecule has 18 heavy (non-hydrogen) atoms. The molecule has 90 valence electrons. The van der Waals surface area contributed by atoms with Crippen molar-refractivity contribution in [3.8, 4) is 0 Å². The summed E-state index contributed by atoms with van der Waals surface area (Å²) in [7, 11) is 0. The molecule has 0 amide bonds. The van der Waals surface area contributed by atoms with Gasteiger partial charge in [0.2, 0.25) is 0 Å². The zero-order valence-corrected chi connectivity index (χ0v) is 10.6. The molecule has 0 N–H and O–H groups in total. The molecule has 3 aromatic rings. The normalized spacial score (nSPS) is 10.9. The predicted octanol–water partition coefficient (Wildman–Crippen LogP) is 3.93. The molecule has 2 nitrogen and oxygen atoms in total. The summed E-state index contributed by atoms with van der Waals surface area (Å²) in [5.41, 5.74) is 2.49. The van der Waals surface area contributed by atoms with Crippen LogP contribution in [0.15, 0.2) is 55.0 Å². The second-order valence-electron chi connectivity index (χ2n) is 4.32. The van der Waals surface area contributed by atoms with Gasteiger partial charge >= 0.3 is 0 Å². The van der Waals surface area contributed by atoms with Gasteiger partial charge in [-0.05, 0) is 47.7 Å². The van der Waals surface area contributed by atoms with Gasteiger partial charge in [-0.1, -0.05) is 17.7 Å². The fourth-order valence-electron chi connectivity index (χ4n) is 2.15. The maximum absolute atomic E-state index is 6.04. The van der Waals surface area contributed by atoms with Gasteiger partial charge in [-0.25, -0.2) is 0 Å². The van der Waals surface area contributed by atoms with Crippen molar-refractivity contribution in [1.82, 2.24) is 9.55 Å². The fraction of sp³-hybridized carbons (Fsp3) is 0.133. The molecule has 0 aliphatic rings. The van der Waals surface area contributed by atoms with E-state index in [0.717, 1.165) is 18.0 Å². The molecule has 0 saturated carbocycles. The van der Waals surface area contributed by atoms with Crippen LogP contribution in [-0.4, -0.2) is 9.55 Å². The van der Waals surface area contributed by atoms with Crippen molar-refractivity contribution in [2.45, 2.75) is 13.0 Å². The van der Waals surface area contributed by atoms with E-state index in [1.807, 2.05) is 24.5 Å². The molecule has 3 rings (SSSR count). The van der Waals surface area contributed by atoms with Crippen molar-refractivity contribution in [2.75, 3.05) is 0 Å². The first kappa shape index (κ1) is 11.3.